The molecule has 1 aliphatic heterocycles. The average molecular weight is 437 g/mol. The molecule has 0 saturated heterocycles. The Hall–Kier alpha value is -2.83. The van der Waals surface area contributed by atoms with Crippen molar-refractivity contribution in [3.05, 3.63) is 17.0 Å². The Morgan fingerprint density at radius 3 is 2.40 bits per heavy atom. The van der Waals surface area contributed by atoms with E-state index in [0.29, 0.717) is 37.4 Å². The second-order valence-corrected chi connectivity index (χ2v) is 7.07. The standard InChI is InChI=1S/C15H25N5O3.C2HF3O2/c1-10(2)17-15(22)20-7-5-12-11(9-20)13(18-23-12)14(21)16-6-8-19(3)4;3-2(4,5)1(6)7/h10H,5-9H2,1-4H3,(H,16,21)(H,17,22);(H,6,7). The molecule has 1 aromatic rings. The summed E-state index contributed by atoms with van der Waals surface area (Å²) in [5, 5.41) is 16.7. The Morgan fingerprint density at radius 1 is 1.30 bits per heavy atom. The number of halogens is 3. The van der Waals surface area contributed by atoms with Gasteiger partial charge < -0.3 is 30.1 Å². The molecule has 170 valence electrons. The van der Waals surface area contributed by atoms with Gasteiger partial charge in [-0.1, -0.05) is 5.16 Å². The number of carbonyl (C=O) groups is 3. The number of hydrogen-bond acceptors (Lipinski definition) is 6. The number of nitrogens with one attached hydrogen (secondary N) is 2. The number of carboxylic acid groups (broad SMARTS) is 1. The number of urea groups is 1. The van der Waals surface area contributed by atoms with Gasteiger partial charge in [0, 0.05) is 37.7 Å². The van der Waals surface area contributed by atoms with Crippen molar-refractivity contribution in [2.24, 2.45) is 0 Å². The second-order valence-electron chi connectivity index (χ2n) is 7.07. The van der Waals surface area contributed by atoms with Gasteiger partial charge in [-0.05, 0) is 27.9 Å². The molecule has 0 bridgehead atoms. The van der Waals surface area contributed by atoms with Gasteiger partial charge in [-0.25, -0.2) is 9.59 Å². The molecule has 0 spiro atoms. The normalized spacial score (nSPS) is 13.4. The monoisotopic (exact) mass is 437 g/mol. The molecule has 0 fully saturated rings. The number of aliphatic carboxylic acids is 1. The largest absolute Gasteiger partial charge is 0.490 e. The Balaban J connectivity index is 0.000000553. The van der Waals surface area contributed by atoms with Crippen LogP contribution < -0.4 is 10.6 Å². The first-order valence-corrected chi connectivity index (χ1v) is 9.08. The molecule has 1 aromatic heterocycles. The number of rotatable bonds is 5. The molecule has 3 amide bonds. The molecule has 0 unspecified atom stereocenters. The van der Waals surface area contributed by atoms with E-state index >= 15 is 0 Å². The molecule has 0 aliphatic carbocycles. The van der Waals surface area contributed by atoms with E-state index in [1.165, 1.54) is 0 Å². The van der Waals surface area contributed by atoms with E-state index in [1.54, 1.807) is 4.90 Å². The summed E-state index contributed by atoms with van der Waals surface area (Å²) in [5.74, 6) is -2.33. The highest BCUT2D eigenvalue weighted by Gasteiger charge is 2.38. The molecule has 2 heterocycles. The van der Waals surface area contributed by atoms with Crippen LogP contribution in [0.5, 0.6) is 0 Å². The van der Waals surface area contributed by atoms with E-state index in [0.717, 1.165) is 6.54 Å². The number of nitrogens with zero attached hydrogens (tertiary/aromatic N) is 3. The summed E-state index contributed by atoms with van der Waals surface area (Å²) in [4.78, 5) is 36.9. The molecule has 0 atom stereocenters. The molecule has 13 heteroatoms. The van der Waals surface area contributed by atoms with E-state index in [-0.39, 0.29) is 23.7 Å². The number of likely N-dealkylation sites (N-methyl/N-ethyl adjacent to an activating group) is 1. The van der Waals surface area contributed by atoms with Gasteiger partial charge in [0.1, 0.15) is 5.76 Å². The van der Waals surface area contributed by atoms with E-state index in [2.05, 4.69) is 15.8 Å². The lowest BCUT2D eigenvalue weighted by Crippen LogP contribution is -2.45. The predicted molar refractivity (Wildman–Crippen MR) is 98.9 cm³/mol. The minimum absolute atomic E-state index is 0.0696. The zero-order valence-electron chi connectivity index (χ0n) is 17.2. The highest BCUT2D eigenvalue weighted by Crippen LogP contribution is 2.22. The van der Waals surface area contributed by atoms with Crippen molar-refractivity contribution in [3.8, 4) is 0 Å². The Morgan fingerprint density at radius 2 is 1.90 bits per heavy atom. The summed E-state index contributed by atoms with van der Waals surface area (Å²) in [7, 11) is 3.88. The fourth-order valence-electron chi connectivity index (χ4n) is 2.38. The van der Waals surface area contributed by atoms with Crippen molar-refractivity contribution < 1.29 is 37.2 Å². The van der Waals surface area contributed by atoms with Gasteiger partial charge in [0.05, 0.1) is 6.54 Å². The van der Waals surface area contributed by atoms with Gasteiger partial charge in [0.2, 0.25) is 0 Å². The maximum atomic E-state index is 12.2. The third-order valence-corrected chi connectivity index (χ3v) is 3.83. The minimum Gasteiger partial charge on any atom is -0.475 e. The first kappa shape index (κ1) is 25.2. The lowest BCUT2D eigenvalue weighted by atomic mass is 10.1. The molecule has 30 heavy (non-hydrogen) atoms. The molecule has 0 aromatic carbocycles. The van der Waals surface area contributed by atoms with Gasteiger partial charge in [-0.15, -0.1) is 0 Å². The highest BCUT2D eigenvalue weighted by molar-refractivity contribution is 5.94. The molecule has 0 radical (unpaired) electrons. The van der Waals surface area contributed by atoms with Crippen molar-refractivity contribution in [1.29, 1.82) is 0 Å². The molecular formula is C17H26F3N5O5. The van der Waals surface area contributed by atoms with E-state index in [4.69, 9.17) is 14.4 Å². The molecule has 2 rings (SSSR count). The second kappa shape index (κ2) is 10.8. The van der Waals surface area contributed by atoms with Crippen LogP contribution in [0, 0.1) is 0 Å². The van der Waals surface area contributed by atoms with Crippen molar-refractivity contribution in [3.63, 3.8) is 0 Å². The van der Waals surface area contributed by atoms with E-state index in [1.807, 2.05) is 32.8 Å². The summed E-state index contributed by atoms with van der Waals surface area (Å²) in [6, 6.07) is -0.0639. The fourth-order valence-corrected chi connectivity index (χ4v) is 2.38. The van der Waals surface area contributed by atoms with Crippen LogP contribution in [-0.4, -0.2) is 83.9 Å². The lowest BCUT2D eigenvalue weighted by Gasteiger charge is -2.27. The summed E-state index contributed by atoms with van der Waals surface area (Å²) in [6.07, 6.45) is -4.52. The first-order valence-electron chi connectivity index (χ1n) is 9.08. The van der Waals surface area contributed by atoms with Crippen LogP contribution in [0.25, 0.3) is 0 Å². The van der Waals surface area contributed by atoms with Crippen LogP contribution in [0.3, 0.4) is 0 Å². The zero-order chi connectivity index (χ0) is 23.1. The van der Waals surface area contributed by atoms with Crippen molar-refractivity contribution >= 4 is 17.9 Å². The van der Waals surface area contributed by atoms with Crippen LogP contribution in [-0.2, 0) is 17.8 Å². The molecule has 0 saturated carbocycles. The predicted octanol–water partition coefficient (Wildman–Crippen LogP) is 1.08. The number of carboxylic acids is 1. The topological polar surface area (TPSA) is 128 Å². The van der Waals surface area contributed by atoms with Crippen LogP contribution in [0.2, 0.25) is 0 Å². The van der Waals surface area contributed by atoms with Crippen LogP contribution >= 0.6 is 0 Å². The Kier molecular flexibility index (Phi) is 9.08. The number of hydrogen-bond donors (Lipinski definition) is 3. The quantitative estimate of drug-likeness (QED) is 0.629. The number of fused-ring (bicyclic) bond motifs is 1. The Bertz CT molecular complexity index is 749. The highest BCUT2D eigenvalue weighted by atomic mass is 19.4. The van der Waals surface area contributed by atoms with Crippen molar-refractivity contribution in [1.82, 2.24) is 25.6 Å². The molecular weight excluding hydrogens is 411 g/mol. The van der Waals surface area contributed by atoms with Crippen LogP contribution in [0.4, 0.5) is 18.0 Å². The maximum absolute atomic E-state index is 12.2. The minimum atomic E-state index is -5.08. The van der Waals surface area contributed by atoms with Gasteiger partial charge in [-0.3, -0.25) is 4.79 Å². The number of aromatic nitrogens is 1. The number of amides is 3. The van der Waals surface area contributed by atoms with Crippen LogP contribution in [0.1, 0.15) is 35.7 Å². The summed E-state index contributed by atoms with van der Waals surface area (Å²) >= 11 is 0. The Labute approximate surface area is 171 Å². The van der Waals surface area contributed by atoms with Crippen molar-refractivity contribution in [2.45, 2.75) is 39.0 Å². The van der Waals surface area contributed by atoms with E-state index < -0.39 is 12.1 Å². The van der Waals surface area contributed by atoms with Crippen LogP contribution in [0.15, 0.2) is 4.52 Å². The first-order chi connectivity index (χ1) is 13.8. The van der Waals surface area contributed by atoms with Gasteiger partial charge in [0.25, 0.3) is 5.91 Å². The maximum Gasteiger partial charge on any atom is 0.490 e. The summed E-state index contributed by atoms with van der Waals surface area (Å²) < 4.78 is 37.0. The third kappa shape index (κ3) is 7.89. The summed E-state index contributed by atoms with van der Waals surface area (Å²) in [5.41, 5.74) is 0.985. The lowest BCUT2D eigenvalue weighted by molar-refractivity contribution is -0.192. The van der Waals surface area contributed by atoms with E-state index in [9.17, 15) is 22.8 Å². The fraction of sp³-hybridized carbons (Fsp3) is 0.647. The van der Waals surface area contributed by atoms with Gasteiger partial charge in [0.15, 0.2) is 5.69 Å². The average Bonchev–Trinajstić information content (AvgIpc) is 3.03. The zero-order valence-corrected chi connectivity index (χ0v) is 17.2. The SMILES string of the molecule is CC(C)NC(=O)N1CCc2onc(C(=O)NCCN(C)C)c2C1.O=C(O)C(F)(F)F. The molecule has 3 N–H and O–H groups in total. The summed E-state index contributed by atoms with van der Waals surface area (Å²) in [6.45, 7) is 6.00. The molecule has 1 aliphatic rings. The van der Waals surface area contributed by atoms with Crippen molar-refractivity contribution in [2.75, 3.05) is 33.7 Å². The van der Waals surface area contributed by atoms with Gasteiger partial charge >= 0.3 is 18.2 Å². The number of carbonyl (C=O) groups excluding carboxylic acids is 2. The number of alkyl halides is 3. The molecule has 10 nitrogen and oxygen atoms in total. The smallest absolute Gasteiger partial charge is 0.475 e. The third-order valence-electron chi connectivity index (χ3n) is 3.83. The van der Waals surface area contributed by atoms with Gasteiger partial charge in [-0.2, -0.15) is 13.2 Å².